The summed E-state index contributed by atoms with van der Waals surface area (Å²) in [6.07, 6.45) is 3.88. The molecule has 4 amide bonds. The maximum Gasteiger partial charge on any atom is 0.242 e. The molecule has 0 spiro atoms. The van der Waals surface area contributed by atoms with Gasteiger partial charge in [-0.05, 0) is 18.6 Å². The molecule has 1 aliphatic heterocycles. The third-order valence-corrected chi connectivity index (χ3v) is 6.04. The third-order valence-electron chi connectivity index (χ3n) is 5.11. The van der Waals surface area contributed by atoms with Crippen LogP contribution < -0.4 is 10.6 Å². The van der Waals surface area contributed by atoms with Crippen molar-refractivity contribution in [2.75, 3.05) is 45.7 Å². The molecule has 10 nitrogen and oxygen atoms in total. The van der Waals surface area contributed by atoms with Crippen molar-refractivity contribution in [3.63, 3.8) is 0 Å². The molecule has 2 N–H and O–H groups in total. The Kier molecular flexibility index (Phi) is 16.3. The van der Waals surface area contributed by atoms with Crippen molar-refractivity contribution in [3.8, 4) is 0 Å². The third kappa shape index (κ3) is 13.8. The van der Waals surface area contributed by atoms with E-state index in [-0.39, 0.29) is 59.1 Å². The van der Waals surface area contributed by atoms with Gasteiger partial charge in [-0.2, -0.15) is 11.8 Å². The van der Waals surface area contributed by atoms with Gasteiger partial charge in [-0.3, -0.25) is 24.1 Å². The molecule has 1 heterocycles. The molecule has 1 unspecified atom stereocenters. The molecule has 0 radical (unpaired) electrons. The molecule has 0 bridgehead atoms. The van der Waals surface area contributed by atoms with Gasteiger partial charge in [0.1, 0.15) is 6.61 Å². The van der Waals surface area contributed by atoms with E-state index in [2.05, 4.69) is 15.8 Å². The molecule has 0 aromatic rings. The summed E-state index contributed by atoms with van der Waals surface area (Å²) >= 11 is 1.36. The topological polar surface area (TPSA) is 126 Å². The van der Waals surface area contributed by atoms with Gasteiger partial charge in [0.25, 0.3) is 0 Å². The van der Waals surface area contributed by atoms with Gasteiger partial charge in [0.15, 0.2) is 0 Å². The summed E-state index contributed by atoms with van der Waals surface area (Å²) in [6, 6.07) is 0. The molecule has 0 aromatic heterocycles. The number of carbonyl (C=O) groups excluding carboxylic acids is 4. The van der Waals surface area contributed by atoms with Gasteiger partial charge in [-0.1, -0.05) is 46.7 Å². The van der Waals surface area contributed by atoms with Gasteiger partial charge in [0.2, 0.25) is 23.6 Å². The summed E-state index contributed by atoms with van der Waals surface area (Å²) in [5.74, 6) is -0.747. The molecule has 0 aliphatic carbocycles. The fourth-order valence-corrected chi connectivity index (χ4v) is 3.88. The van der Waals surface area contributed by atoms with Crippen LogP contribution in [0.5, 0.6) is 0 Å². The Hall–Kier alpha value is -2.14. The zero-order valence-electron chi connectivity index (χ0n) is 23.3. The van der Waals surface area contributed by atoms with Gasteiger partial charge in [-0.25, -0.2) is 0 Å². The van der Waals surface area contributed by atoms with Crippen molar-refractivity contribution in [2.24, 2.45) is 16.0 Å². The number of nitrogens with zero attached hydrogens (tertiary/aromatic N) is 2. The SMILES string of the molecule is CC.CCO/N=C/CNC(=O)CC(C)(C)COCC(C)(C)CNC(=O)CCN1C(=O)CC(SC)C1=O. The van der Waals surface area contributed by atoms with E-state index in [1.165, 1.54) is 22.9 Å². The number of amides is 4. The van der Waals surface area contributed by atoms with Crippen molar-refractivity contribution < 1.29 is 28.8 Å². The molecule has 1 saturated heterocycles. The van der Waals surface area contributed by atoms with E-state index in [0.717, 1.165) is 0 Å². The normalized spacial score (nSPS) is 16.1. The average molecular weight is 531 g/mol. The number of ether oxygens (including phenoxy) is 1. The Morgan fingerprint density at radius 2 is 1.75 bits per heavy atom. The van der Waals surface area contributed by atoms with E-state index >= 15 is 0 Å². The molecular formula is C25H46N4O6S. The predicted molar refractivity (Wildman–Crippen MR) is 144 cm³/mol. The van der Waals surface area contributed by atoms with Crippen LogP contribution in [0.1, 0.15) is 67.7 Å². The molecule has 36 heavy (non-hydrogen) atoms. The fraction of sp³-hybridized carbons (Fsp3) is 0.800. The molecule has 0 aromatic carbocycles. The highest BCUT2D eigenvalue weighted by molar-refractivity contribution is 8.00. The first-order chi connectivity index (χ1) is 16.9. The number of oxime groups is 1. The summed E-state index contributed by atoms with van der Waals surface area (Å²) in [7, 11) is 0. The summed E-state index contributed by atoms with van der Waals surface area (Å²) in [5.41, 5.74) is -0.684. The number of nitrogens with one attached hydrogen (secondary N) is 2. The zero-order chi connectivity index (χ0) is 27.8. The molecule has 11 heteroatoms. The van der Waals surface area contributed by atoms with Crippen molar-refractivity contribution in [3.05, 3.63) is 0 Å². The van der Waals surface area contributed by atoms with E-state index in [1.807, 2.05) is 48.5 Å². The van der Waals surface area contributed by atoms with Gasteiger partial charge in [0.05, 0.1) is 31.2 Å². The summed E-state index contributed by atoms with van der Waals surface area (Å²) < 4.78 is 5.87. The van der Waals surface area contributed by atoms with Crippen molar-refractivity contribution >= 4 is 41.6 Å². The minimum atomic E-state index is -0.357. The molecule has 1 aliphatic rings. The number of likely N-dealkylation sites (tertiary alicyclic amines) is 1. The highest BCUT2D eigenvalue weighted by atomic mass is 32.2. The highest BCUT2D eigenvalue weighted by Crippen LogP contribution is 2.24. The number of carbonyl (C=O) groups is 4. The largest absolute Gasteiger partial charge is 0.396 e. The summed E-state index contributed by atoms with van der Waals surface area (Å²) in [6.45, 7) is 15.8. The predicted octanol–water partition coefficient (Wildman–Crippen LogP) is 2.61. The standard InChI is InChI=1S/C23H40N4O6S.C2H6/c1-7-33-26-10-9-24-19(29)13-22(2,3)15-32-16-23(4,5)14-25-18(28)8-11-27-20(30)12-17(34-6)21(27)31;1-2/h10,17H,7-9,11-16H2,1-6H3,(H,24,29)(H,25,28);1-2H3/b26-10+;. The molecule has 1 rings (SSSR count). The first kappa shape index (κ1) is 33.9. The lowest BCUT2D eigenvalue weighted by molar-refractivity contribution is -0.138. The van der Waals surface area contributed by atoms with Gasteiger partial charge in [-0.15, -0.1) is 0 Å². The fourth-order valence-electron chi connectivity index (χ4n) is 3.24. The maximum atomic E-state index is 12.2. The monoisotopic (exact) mass is 530 g/mol. The number of thioether (sulfide) groups is 1. The Morgan fingerprint density at radius 3 is 2.33 bits per heavy atom. The van der Waals surface area contributed by atoms with Crippen LogP contribution in [0.3, 0.4) is 0 Å². The van der Waals surface area contributed by atoms with E-state index < -0.39 is 0 Å². The number of hydrogen-bond acceptors (Lipinski definition) is 8. The van der Waals surface area contributed by atoms with E-state index in [0.29, 0.717) is 39.3 Å². The summed E-state index contributed by atoms with van der Waals surface area (Å²) in [5, 5.41) is 8.97. The van der Waals surface area contributed by atoms with Gasteiger partial charge >= 0.3 is 0 Å². The van der Waals surface area contributed by atoms with E-state index in [4.69, 9.17) is 9.57 Å². The van der Waals surface area contributed by atoms with Crippen LogP contribution in [0.15, 0.2) is 5.16 Å². The second-order valence-electron chi connectivity index (χ2n) is 9.85. The highest BCUT2D eigenvalue weighted by Gasteiger charge is 2.37. The van der Waals surface area contributed by atoms with Crippen LogP contribution in [0, 0.1) is 10.8 Å². The molecule has 0 saturated carbocycles. The van der Waals surface area contributed by atoms with Crippen LogP contribution in [0.25, 0.3) is 0 Å². The first-order valence-corrected chi connectivity index (χ1v) is 13.8. The number of hydrogen-bond donors (Lipinski definition) is 2. The Bertz CT molecular complexity index is 742. The smallest absolute Gasteiger partial charge is 0.242 e. The van der Waals surface area contributed by atoms with Crippen molar-refractivity contribution in [1.29, 1.82) is 0 Å². The van der Waals surface area contributed by atoms with Crippen LogP contribution in [-0.2, 0) is 28.8 Å². The van der Waals surface area contributed by atoms with Crippen LogP contribution in [0.2, 0.25) is 0 Å². The summed E-state index contributed by atoms with van der Waals surface area (Å²) in [4.78, 5) is 54.4. The molecule has 208 valence electrons. The lowest BCUT2D eigenvalue weighted by Crippen LogP contribution is -2.40. The van der Waals surface area contributed by atoms with Crippen molar-refractivity contribution in [1.82, 2.24) is 15.5 Å². The second kappa shape index (κ2) is 17.3. The minimum absolute atomic E-state index is 0.0763. The van der Waals surface area contributed by atoms with Crippen LogP contribution in [0.4, 0.5) is 0 Å². The van der Waals surface area contributed by atoms with Gasteiger partial charge in [0, 0.05) is 37.8 Å². The average Bonchev–Trinajstić information content (AvgIpc) is 3.09. The molecule has 1 atom stereocenters. The minimum Gasteiger partial charge on any atom is -0.396 e. The van der Waals surface area contributed by atoms with Crippen LogP contribution in [-0.4, -0.2) is 85.7 Å². The van der Waals surface area contributed by atoms with E-state index in [1.54, 1.807) is 6.26 Å². The molecule has 1 fully saturated rings. The van der Waals surface area contributed by atoms with Crippen molar-refractivity contribution in [2.45, 2.75) is 73.0 Å². The lowest BCUT2D eigenvalue weighted by atomic mass is 9.89. The Balaban J connectivity index is 0.00000596. The first-order valence-electron chi connectivity index (χ1n) is 12.5. The Morgan fingerprint density at radius 1 is 1.11 bits per heavy atom. The van der Waals surface area contributed by atoms with Gasteiger partial charge < -0.3 is 20.2 Å². The quantitative estimate of drug-likeness (QED) is 0.178. The molecular weight excluding hydrogens is 484 g/mol. The lowest BCUT2D eigenvalue weighted by Gasteiger charge is -2.29. The van der Waals surface area contributed by atoms with Crippen LogP contribution >= 0.6 is 11.8 Å². The second-order valence-corrected chi connectivity index (χ2v) is 10.9. The Labute approximate surface area is 220 Å². The number of rotatable bonds is 16. The number of imide groups is 1. The zero-order valence-corrected chi connectivity index (χ0v) is 24.1. The maximum absolute atomic E-state index is 12.2. The van der Waals surface area contributed by atoms with E-state index in [9.17, 15) is 19.2 Å².